The number of carbonyl (C=O) groups is 1. The van der Waals surface area contributed by atoms with Crippen molar-refractivity contribution < 1.29 is 22.7 Å². The maximum Gasteiger partial charge on any atom is 0.199 e. The van der Waals surface area contributed by atoms with Crippen LogP contribution in [0.15, 0.2) is 30.3 Å². The zero-order valence-corrected chi connectivity index (χ0v) is 11.0. The van der Waals surface area contributed by atoms with Gasteiger partial charge < -0.3 is 4.74 Å². The third kappa shape index (κ3) is 2.28. The first-order chi connectivity index (χ1) is 10.1. The Hall–Kier alpha value is -2.30. The molecule has 0 bridgehead atoms. The van der Waals surface area contributed by atoms with Crippen LogP contribution in [0.1, 0.15) is 27.9 Å². The Kier molecular flexibility index (Phi) is 3.41. The maximum atomic E-state index is 13.8. The van der Waals surface area contributed by atoms with E-state index >= 15 is 0 Å². The van der Waals surface area contributed by atoms with Crippen LogP contribution >= 0.6 is 0 Å². The largest absolute Gasteiger partial charge is 0.493 e. The second-order valence-electron chi connectivity index (χ2n) is 4.80. The smallest absolute Gasteiger partial charge is 0.199 e. The van der Waals surface area contributed by atoms with E-state index in [1.54, 1.807) is 6.07 Å². The van der Waals surface area contributed by atoms with Gasteiger partial charge in [0.05, 0.1) is 17.7 Å². The van der Waals surface area contributed by atoms with E-state index in [-0.39, 0.29) is 5.56 Å². The SMILES string of the molecule is O=C(c1ccc(F)c(F)c1F)c1cccc2c1OCCC2. The number of rotatable bonds is 2. The molecule has 0 saturated carbocycles. The normalized spacial score (nSPS) is 13.5. The first-order valence-electron chi connectivity index (χ1n) is 6.52. The Balaban J connectivity index is 2.10. The number of ketones is 1. The summed E-state index contributed by atoms with van der Waals surface area (Å²) in [6.07, 6.45) is 1.60. The molecule has 1 heterocycles. The molecule has 0 N–H and O–H groups in total. The van der Waals surface area contributed by atoms with Crippen molar-refractivity contribution in [2.24, 2.45) is 0 Å². The lowest BCUT2D eigenvalue weighted by atomic mass is 9.96. The molecule has 0 unspecified atom stereocenters. The quantitative estimate of drug-likeness (QED) is 0.623. The van der Waals surface area contributed by atoms with Crippen LogP contribution in [0.25, 0.3) is 0 Å². The van der Waals surface area contributed by atoms with Crippen molar-refractivity contribution in [1.82, 2.24) is 0 Å². The Morgan fingerprint density at radius 2 is 1.81 bits per heavy atom. The van der Waals surface area contributed by atoms with Crippen molar-refractivity contribution in [1.29, 1.82) is 0 Å². The molecular weight excluding hydrogens is 281 g/mol. The van der Waals surface area contributed by atoms with Crippen molar-refractivity contribution in [3.05, 3.63) is 64.5 Å². The van der Waals surface area contributed by atoms with Crippen molar-refractivity contribution in [3.63, 3.8) is 0 Å². The van der Waals surface area contributed by atoms with Crippen LogP contribution in [0.2, 0.25) is 0 Å². The Bertz CT molecular complexity index is 726. The second kappa shape index (κ2) is 5.24. The molecule has 1 aliphatic rings. The number of hydrogen-bond donors (Lipinski definition) is 0. The third-order valence-corrected chi connectivity index (χ3v) is 3.46. The molecule has 0 atom stereocenters. The molecular formula is C16H11F3O2. The van der Waals surface area contributed by atoms with E-state index < -0.39 is 28.8 Å². The minimum absolute atomic E-state index is 0.164. The minimum atomic E-state index is -1.65. The predicted molar refractivity (Wildman–Crippen MR) is 70.0 cm³/mol. The van der Waals surface area contributed by atoms with Crippen LogP contribution in [-0.4, -0.2) is 12.4 Å². The molecule has 0 spiro atoms. The summed E-state index contributed by atoms with van der Waals surface area (Å²) in [7, 11) is 0. The van der Waals surface area contributed by atoms with E-state index in [4.69, 9.17) is 4.74 Å². The van der Waals surface area contributed by atoms with E-state index in [0.29, 0.717) is 12.4 Å². The van der Waals surface area contributed by atoms with Gasteiger partial charge in [-0.15, -0.1) is 0 Å². The monoisotopic (exact) mass is 292 g/mol. The van der Waals surface area contributed by atoms with Gasteiger partial charge in [0.25, 0.3) is 0 Å². The van der Waals surface area contributed by atoms with Gasteiger partial charge >= 0.3 is 0 Å². The van der Waals surface area contributed by atoms with Gasteiger partial charge in [-0.05, 0) is 36.6 Å². The fraction of sp³-hybridized carbons (Fsp3) is 0.188. The summed E-state index contributed by atoms with van der Waals surface area (Å²) in [4.78, 5) is 12.4. The highest BCUT2D eigenvalue weighted by atomic mass is 19.2. The van der Waals surface area contributed by atoms with E-state index in [2.05, 4.69) is 0 Å². The van der Waals surface area contributed by atoms with Gasteiger partial charge in [0.15, 0.2) is 23.2 Å². The molecule has 0 radical (unpaired) electrons. The third-order valence-electron chi connectivity index (χ3n) is 3.46. The molecule has 2 aromatic carbocycles. The highest BCUT2D eigenvalue weighted by Gasteiger charge is 2.24. The average Bonchev–Trinajstić information content (AvgIpc) is 2.51. The summed E-state index contributed by atoms with van der Waals surface area (Å²) >= 11 is 0. The topological polar surface area (TPSA) is 26.3 Å². The van der Waals surface area contributed by atoms with Crippen molar-refractivity contribution in [2.45, 2.75) is 12.8 Å². The van der Waals surface area contributed by atoms with Gasteiger partial charge in [-0.1, -0.05) is 12.1 Å². The highest BCUT2D eigenvalue weighted by molar-refractivity contribution is 6.11. The minimum Gasteiger partial charge on any atom is -0.493 e. The summed E-state index contributed by atoms with van der Waals surface area (Å²) < 4.78 is 45.5. The van der Waals surface area contributed by atoms with Crippen molar-refractivity contribution >= 4 is 5.78 Å². The van der Waals surface area contributed by atoms with Gasteiger partial charge in [-0.3, -0.25) is 4.79 Å². The van der Waals surface area contributed by atoms with Gasteiger partial charge in [0, 0.05) is 0 Å². The van der Waals surface area contributed by atoms with Crippen LogP contribution in [0, 0.1) is 17.5 Å². The Morgan fingerprint density at radius 1 is 1.00 bits per heavy atom. The predicted octanol–water partition coefficient (Wildman–Crippen LogP) is 3.66. The number of hydrogen-bond acceptors (Lipinski definition) is 2. The number of carbonyl (C=O) groups excluding carboxylic acids is 1. The lowest BCUT2D eigenvalue weighted by molar-refractivity contribution is 0.102. The number of para-hydroxylation sites is 1. The standard InChI is InChI=1S/C16H11F3O2/c17-12-7-6-10(13(18)14(12)19)15(20)11-5-1-3-9-4-2-8-21-16(9)11/h1,3,5-7H,2,4,8H2. The molecule has 108 valence electrons. The molecule has 21 heavy (non-hydrogen) atoms. The summed E-state index contributed by atoms with van der Waals surface area (Å²) in [6, 6.07) is 6.67. The summed E-state index contributed by atoms with van der Waals surface area (Å²) in [5.41, 5.74) is 0.517. The van der Waals surface area contributed by atoms with Crippen LogP contribution < -0.4 is 4.74 Å². The van der Waals surface area contributed by atoms with E-state index in [0.717, 1.165) is 30.5 Å². The maximum absolute atomic E-state index is 13.8. The summed E-state index contributed by atoms with van der Waals surface area (Å²) in [5.74, 6) is -4.77. The van der Waals surface area contributed by atoms with E-state index in [9.17, 15) is 18.0 Å². The first-order valence-corrected chi connectivity index (χ1v) is 6.52. The van der Waals surface area contributed by atoms with E-state index in [1.807, 2.05) is 6.07 Å². The molecule has 3 rings (SSSR count). The van der Waals surface area contributed by atoms with Gasteiger partial charge in [0.2, 0.25) is 0 Å². The van der Waals surface area contributed by atoms with Gasteiger partial charge in [0.1, 0.15) is 5.75 Å². The molecule has 0 saturated heterocycles. The Morgan fingerprint density at radius 3 is 2.62 bits per heavy atom. The number of ether oxygens (including phenoxy) is 1. The van der Waals surface area contributed by atoms with Crippen molar-refractivity contribution in [3.8, 4) is 5.75 Å². The van der Waals surface area contributed by atoms with Gasteiger partial charge in [-0.2, -0.15) is 0 Å². The van der Waals surface area contributed by atoms with Crippen LogP contribution in [0.4, 0.5) is 13.2 Å². The van der Waals surface area contributed by atoms with Crippen LogP contribution in [0.5, 0.6) is 5.75 Å². The molecule has 1 aliphatic heterocycles. The lowest BCUT2D eigenvalue weighted by Gasteiger charge is -2.19. The summed E-state index contributed by atoms with van der Waals surface area (Å²) in [6.45, 7) is 0.470. The molecule has 5 heteroatoms. The molecule has 2 nitrogen and oxygen atoms in total. The first kappa shape index (κ1) is 13.7. The van der Waals surface area contributed by atoms with E-state index in [1.165, 1.54) is 6.07 Å². The van der Waals surface area contributed by atoms with Crippen LogP contribution in [-0.2, 0) is 6.42 Å². The number of fused-ring (bicyclic) bond motifs is 1. The fourth-order valence-corrected chi connectivity index (χ4v) is 2.41. The van der Waals surface area contributed by atoms with Crippen LogP contribution in [0.3, 0.4) is 0 Å². The second-order valence-corrected chi connectivity index (χ2v) is 4.80. The number of halogens is 3. The van der Waals surface area contributed by atoms with Gasteiger partial charge in [-0.25, -0.2) is 13.2 Å². The fourth-order valence-electron chi connectivity index (χ4n) is 2.41. The lowest BCUT2D eigenvalue weighted by Crippen LogP contribution is -2.14. The Labute approximate surface area is 119 Å². The molecule has 2 aromatic rings. The average molecular weight is 292 g/mol. The molecule has 0 aromatic heterocycles. The highest BCUT2D eigenvalue weighted by Crippen LogP contribution is 2.31. The molecule has 0 fully saturated rings. The zero-order valence-electron chi connectivity index (χ0n) is 11.0. The number of benzene rings is 2. The molecule has 0 amide bonds. The van der Waals surface area contributed by atoms with Crippen molar-refractivity contribution in [2.75, 3.05) is 6.61 Å². The molecule has 0 aliphatic carbocycles. The summed E-state index contributed by atoms with van der Waals surface area (Å²) in [5, 5.41) is 0. The number of aryl methyl sites for hydroxylation is 1. The zero-order chi connectivity index (χ0) is 15.0.